The Hall–Kier alpha value is -1.50. The van der Waals surface area contributed by atoms with Crippen LogP contribution in [0, 0.1) is 5.92 Å². The maximum absolute atomic E-state index is 12.3. The van der Waals surface area contributed by atoms with Crippen LogP contribution in [0.15, 0.2) is 4.99 Å². The van der Waals surface area contributed by atoms with Crippen LogP contribution in [0.25, 0.3) is 0 Å². The molecular weight excluding hydrogens is 342 g/mol. The van der Waals surface area contributed by atoms with Crippen molar-refractivity contribution in [3.8, 4) is 0 Å². The highest BCUT2D eigenvalue weighted by molar-refractivity contribution is 5.82. The van der Waals surface area contributed by atoms with Crippen LogP contribution in [-0.4, -0.2) is 90.3 Å². The number of aliphatic imine (C=N–C) groups is 1. The Labute approximate surface area is 164 Å². The lowest BCUT2D eigenvalue weighted by molar-refractivity contribution is 0.0137. The third-order valence-electron chi connectivity index (χ3n) is 5.69. The topological polar surface area (TPSA) is 60.4 Å². The summed E-state index contributed by atoms with van der Waals surface area (Å²) in [6.07, 6.45) is 2.37. The average molecular weight is 380 g/mol. The van der Waals surface area contributed by atoms with Gasteiger partial charge in [-0.25, -0.2) is 4.79 Å². The van der Waals surface area contributed by atoms with Gasteiger partial charge >= 0.3 is 6.09 Å². The van der Waals surface area contributed by atoms with E-state index in [9.17, 15) is 4.79 Å². The number of amides is 1. The SMILES string of the molecule is CC(C)N1CCCC(CNC2=NCC3CN(C(=O)OC(C)(C)C)CCN23)C1. The second kappa shape index (κ2) is 8.25. The van der Waals surface area contributed by atoms with Gasteiger partial charge in [-0.2, -0.15) is 0 Å². The van der Waals surface area contributed by atoms with Crippen molar-refractivity contribution in [1.82, 2.24) is 20.0 Å². The molecule has 0 aromatic heterocycles. The van der Waals surface area contributed by atoms with Crippen molar-refractivity contribution < 1.29 is 9.53 Å². The predicted molar refractivity (Wildman–Crippen MR) is 108 cm³/mol. The van der Waals surface area contributed by atoms with Gasteiger partial charge in [0.05, 0.1) is 12.6 Å². The highest BCUT2D eigenvalue weighted by Gasteiger charge is 2.36. The van der Waals surface area contributed by atoms with Gasteiger partial charge in [-0.05, 0) is 59.9 Å². The predicted octanol–water partition coefficient (Wildman–Crippen LogP) is 1.99. The zero-order valence-electron chi connectivity index (χ0n) is 17.7. The first-order valence-corrected chi connectivity index (χ1v) is 10.5. The number of hydrogen-bond acceptors (Lipinski definition) is 6. The molecule has 0 saturated carbocycles. The summed E-state index contributed by atoms with van der Waals surface area (Å²) in [5.41, 5.74) is -0.447. The van der Waals surface area contributed by atoms with Crippen molar-refractivity contribution >= 4 is 12.1 Å². The van der Waals surface area contributed by atoms with Crippen molar-refractivity contribution in [3.05, 3.63) is 0 Å². The second-order valence-electron chi connectivity index (χ2n) is 9.42. The number of piperidine rings is 1. The van der Waals surface area contributed by atoms with E-state index in [-0.39, 0.29) is 12.1 Å². The minimum absolute atomic E-state index is 0.209. The fraction of sp³-hybridized carbons (Fsp3) is 0.900. The Morgan fingerprint density at radius 2 is 2.04 bits per heavy atom. The van der Waals surface area contributed by atoms with E-state index in [4.69, 9.17) is 9.73 Å². The molecule has 0 bridgehead atoms. The molecule has 3 aliphatic heterocycles. The molecule has 1 N–H and O–H groups in total. The van der Waals surface area contributed by atoms with E-state index >= 15 is 0 Å². The van der Waals surface area contributed by atoms with Crippen molar-refractivity contribution in [1.29, 1.82) is 0 Å². The highest BCUT2D eigenvalue weighted by Crippen LogP contribution is 2.20. The van der Waals surface area contributed by atoms with Crippen LogP contribution < -0.4 is 5.32 Å². The quantitative estimate of drug-likeness (QED) is 0.813. The number of ether oxygens (including phenoxy) is 1. The first-order chi connectivity index (χ1) is 12.7. The molecule has 2 saturated heterocycles. The van der Waals surface area contributed by atoms with Crippen molar-refractivity contribution in [2.45, 2.75) is 65.1 Å². The largest absolute Gasteiger partial charge is 0.444 e. The molecule has 0 aliphatic carbocycles. The van der Waals surface area contributed by atoms with E-state index in [1.165, 1.54) is 25.9 Å². The third kappa shape index (κ3) is 5.27. The normalized spacial score (nSPS) is 26.8. The summed E-state index contributed by atoms with van der Waals surface area (Å²) in [6.45, 7) is 16.6. The Kier molecular flexibility index (Phi) is 6.18. The van der Waals surface area contributed by atoms with Gasteiger partial charge < -0.3 is 24.8 Å². The number of likely N-dealkylation sites (tertiary alicyclic amines) is 1. The molecule has 3 rings (SSSR count). The summed E-state index contributed by atoms with van der Waals surface area (Å²) in [4.78, 5) is 23.8. The van der Waals surface area contributed by atoms with Crippen LogP contribution in [-0.2, 0) is 4.74 Å². The van der Waals surface area contributed by atoms with E-state index in [1.807, 2.05) is 25.7 Å². The molecular formula is C20H37N5O2. The van der Waals surface area contributed by atoms with Crippen molar-refractivity contribution in [2.24, 2.45) is 10.9 Å². The third-order valence-corrected chi connectivity index (χ3v) is 5.69. The van der Waals surface area contributed by atoms with E-state index in [0.29, 0.717) is 25.0 Å². The molecule has 0 spiro atoms. The molecule has 0 aromatic rings. The molecule has 0 aromatic carbocycles. The Morgan fingerprint density at radius 3 is 2.74 bits per heavy atom. The molecule has 27 heavy (non-hydrogen) atoms. The molecule has 2 atom stereocenters. The van der Waals surface area contributed by atoms with Crippen molar-refractivity contribution in [3.63, 3.8) is 0 Å². The highest BCUT2D eigenvalue weighted by atomic mass is 16.6. The number of rotatable bonds is 3. The smallest absolute Gasteiger partial charge is 0.410 e. The summed E-state index contributed by atoms with van der Waals surface area (Å²) < 4.78 is 5.52. The van der Waals surface area contributed by atoms with Crippen molar-refractivity contribution in [2.75, 3.05) is 45.8 Å². The maximum atomic E-state index is 12.3. The van der Waals surface area contributed by atoms with Crippen LogP contribution in [0.5, 0.6) is 0 Å². The van der Waals surface area contributed by atoms with Gasteiger partial charge in [0.15, 0.2) is 5.96 Å². The molecule has 3 aliphatic rings. The minimum atomic E-state index is -0.447. The lowest BCUT2D eigenvalue weighted by atomic mass is 9.97. The number of nitrogens with one attached hydrogen (secondary N) is 1. The summed E-state index contributed by atoms with van der Waals surface area (Å²) in [6, 6.07) is 0.897. The lowest BCUT2D eigenvalue weighted by Gasteiger charge is -2.40. The maximum Gasteiger partial charge on any atom is 0.410 e. The molecule has 1 amide bonds. The molecule has 7 heteroatoms. The van der Waals surface area contributed by atoms with Gasteiger partial charge in [0.25, 0.3) is 0 Å². The van der Waals surface area contributed by atoms with E-state index in [1.54, 1.807) is 0 Å². The number of hydrogen-bond donors (Lipinski definition) is 1. The van der Waals surface area contributed by atoms with E-state index < -0.39 is 5.60 Å². The van der Waals surface area contributed by atoms with Gasteiger partial charge in [-0.15, -0.1) is 0 Å². The van der Waals surface area contributed by atoms with Crippen LogP contribution in [0.2, 0.25) is 0 Å². The number of fused-ring (bicyclic) bond motifs is 1. The van der Waals surface area contributed by atoms with Crippen LogP contribution in [0.3, 0.4) is 0 Å². The van der Waals surface area contributed by atoms with Gasteiger partial charge in [0, 0.05) is 38.8 Å². The Bertz CT molecular complexity index is 557. The summed E-state index contributed by atoms with van der Waals surface area (Å²) in [5.74, 6) is 1.71. The van der Waals surface area contributed by atoms with Crippen LogP contribution in [0.4, 0.5) is 4.79 Å². The summed E-state index contributed by atoms with van der Waals surface area (Å²) >= 11 is 0. The fourth-order valence-electron chi connectivity index (χ4n) is 4.19. The standard InChI is InChI=1S/C20H37N5O2/c1-15(2)23-8-6-7-16(13-23)11-21-18-22-12-17-14-24(9-10-25(17)18)19(26)27-20(3,4)5/h15-17H,6-14H2,1-5H3,(H,21,22). The molecule has 2 fully saturated rings. The number of piperazine rings is 1. The molecule has 0 radical (unpaired) electrons. The minimum Gasteiger partial charge on any atom is -0.444 e. The summed E-state index contributed by atoms with van der Waals surface area (Å²) in [7, 11) is 0. The second-order valence-corrected chi connectivity index (χ2v) is 9.42. The molecule has 3 heterocycles. The Morgan fingerprint density at radius 1 is 1.26 bits per heavy atom. The average Bonchev–Trinajstić information content (AvgIpc) is 3.01. The van der Waals surface area contributed by atoms with E-state index in [0.717, 1.165) is 25.6 Å². The zero-order chi connectivity index (χ0) is 19.6. The fourth-order valence-corrected chi connectivity index (χ4v) is 4.19. The van der Waals surface area contributed by atoms with Gasteiger partial charge in [-0.1, -0.05) is 0 Å². The molecule has 7 nitrogen and oxygen atoms in total. The zero-order valence-corrected chi connectivity index (χ0v) is 17.7. The number of nitrogens with zero attached hydrogens (tertiary/aromatic N) is 4. The number of carbonyl (C=O) groups is 1. The van der Waals surface area contributed by atoms with Gasteiger partial charge in [0.2, 0.25) is 0 Å². The molecule has 154 valence electrons. The van der Waals surface area contributed by atoms with Gasteiger partial charge in [0.1, 0.15) is 5.60 Å². The Balaban J connectivity index is 1.46. The number of guanidine groups is 1. The van der Waals surface area contributed by atoms with E-state index in [2.05, 4.69) is 29.0 Å². The van der Waals surface area contributed by atoms with Crippen LogP contribution >= 0.6 is 0 Å². The number of carbonyl (C=O) groups excluding carboxylic acids is 1. The lowest BCUT2D eigenvalue weighted by Crippen LogP contribution is -2.58. The first kappa shape index (κ1) is 20.2. The molecule has 2 unspecified atom stereocenters. The van der Waals surface area contributed by atoms with Crippen LogP contribution in [0.1, 0.15) is 47.5 Å². The first-order valence-electron chi connectivity index (χ1n) is 10.5. The summed E-state index contributed by atoms with van der Waals surface area (Å²) in [5, 5.41) is 3.61. The van der Waals surface area contributed by atoms with Gasteiger partial charge in [-0.3, -0.25) is 4.99 Å². The monoisotopic (exact) mass is 379 g/mol.